The van der Waals surface area contributed by atoms with E-state index in [-0.39, 0.29) is 27.0 Å². The predicted octanol–water partition coefficient (Wildman–Crippen LogP) is 3.42. The average Bonchev–Trinajstić information content (AvgIpc) is 2.50. The van der Waals surface area contributed by atoms with Gasteiger partial charge in [-0.1, -0.05) is 35.3 Å². The second kappa shape index (κ2) is 7.40. The first-order valence-electron chi connectivity index (χ1n) is 6.65. The Morgan fingerprint density at radius 1 is 1.12 bits per heavy atom. The van der Waals surface area contributed by atoms with Gasteiger partial charge in [0.25, 0.3) is 16.0 Å². The molecule has 132 valence electrons. The quantitative estimate of drug-likeness (QED) is 0.459. The smallest absolute Gasteiger partial charge is 0.308 e. The lowest BCUT2D eigenvalue weighted by atomic mass is 10.2. The van der Waals surface area contributed by atoms with Gasteiger partial charge in [-0.05, 0) is 24.3 Å². The number of esters is 1. The summed E-state index contributed by atoms with van der Waals surface area (Å²) < 4.78 is 36.7. The van der Waals surface area contributed by atoms with E-state index >= 15 is 0 Å². The third-order valence-electron chi connectivity index (χ3n) is 2.92. The topological polar surface area (TPSA) is 110 Å². The second-order valence-electron chi connectivity index (χ2n) is 4.79. The fourth-order valence-corrected chi connectivity index (χ4v) is 3.13. The van der Waals surface area contributed by atoms with Gasteiger partial charge in [0.05, 0.1) is 15.7 Å². The Kier molecular flexibility index (Phi) is 5.69. The van der Waals surface area contributed by atoms with Gasteiger partial charge in [-0.3, -0.25) is 14.1 Å². The first-order valence-corrected chi connectivity index (χ1v) is 8.84. The van der Waals surface area contributed by atoms with Crippen LogP contribution in [0.4, 0.5) is 5.69 Å². The number of para-hydroxylation sites is 1. The van der Waals surface area contributed by atoms with Gasteiger partial charge >= 0.3 is 5.97 Å². The van der Waals surface area contributed by atoms with Crippen LogP contribution in [0.15, 0.2) is 41.3 Å². The summed E-state index contributed by atoms with van der Waals surface area (Å²) in [5.74, 6) is -1.46. The summed E-state index contributed by atoms with van der Waals surface area (Å²) >= 11 is 11.9. The zero-order chi connectivity index (χ0) is 18.8. The van der Waals surface area contributed by atoms with Crippen LogP contribution in [0.2, 0.25) is 10.0 Å². The summed E-state index contributed by atoms with van der Waals surface area (Å²) in [6, 6.07) is 7.72. The van der Waals surface area contributed by atoms with Gasteiger partial charge in [0.2, 0.25) is 0 Å². The van der Waals surface area contributed by atoms with Crippen molar-refractivity contribution in [2.45, 2.75) is 11.8 Å². The lowest BCUT2D eigenvalue weighted by Crippen LogP contribution is -2.15. The fourth-order valence-electron chi connectivity index (χ4n) is 1.92. The Morgan fingerprint density at radius 2 is 1.68 bits per heavy atom. The molecule has 2 aromatic rings. The normalized spacial score (nSPS) is 11.0. The van der Waals surface area contributed by atoms with Crippen molar-refractivity contribution < 1.29 is 27.3 Å². The first-order chi connectivity index (χ1) is 11.6. The molecule has 0 spiro atoms. The molecule has 1 amide bonds. The van der Waals surface area contributed by atoms with Crippen LogP contribution in [0.5, 0.6) is 5.75 Å². The molecule has 0 unspecified atom stereocenters. The summed E-state index contributed by atoms with van der Waals surface area (Å²) in [6.07, 6.45) is 0. The molecule has 2 N–H and O–H groups in total. The Morgan fingerprint density at radius 3 is 2.20 bits per heavy atom. The molecular formula is C15H11Cl2NO6S. The molecule has 2 aromatic carbocycles. The van der Waals surface area contributed by atoms with Crippen LogP contribution in [-0.4, -0.2) is 24.8 Å². The third kappa shape index (κ3) is 4.70. The van der Waals surface area contributed by atoms with Gasteiger partial charge in [-0.15, -0.1) is 0 Å². The molecule has 0 fully saturated rings. The highest BCUT2D eigenvalue weighted by atomic mass is 35.5. The zero-order valence-electron chi connectivity index (χ0n) is 12.6. The van der Waals surface area contributed by atoms with E-state index in [0.717, 1.165) is 6.07 Å². The maximum atomic E-state index is 12.3. The van der Waals surface area contributed by atoms with Crippen LogP contribution >= 0.6 is 23.2 Å². The molecule has 0 atom stereocenters. The minimum atomic E-state index is -4.52. The van der Waals surface area contributed by atoms with Crippen LogP contribution in [0, 0.1) is 0 Å². The lowest BCUT2D eigenvalue weighted by molar-refractivity contribution is -0.131. The monoisotopic (exact) mass is 403 g/mol. The molecule has 0 heterocycles. The Balaban J connectivity index is 2.36. The van der Waals surface area contributed by atoms with Crippen molar-refractivity contribution in [2.24, 2.45) is 0 Å². The summed E-state index contributed by atoms with van der Waals surface area (Å²) in [6.45, 7) is 1.17. The Bertz CT molecular complexity index is 935. The maximum Gasteiger partial charge on any atom is 0.308 e. The molecule has 0 bridgehead atoms. The molecular weight excluding hydrogens is 393 g/mol. The number of benzene rings is 2. The Labute approximate surface area is 153 Å². The van der Waals surface area contributed by atoms with Gasteiger partial charge in [0, 0.05) is 12.5 Å². The molecule has 2 rings (SSSR count). The second-order valence-corrected chi connectivity index (χ2v) is 6.99. The van der Waals surface area contributed by atoms with Gasteiger partial charge in [-0.2, -0.15) is 8.42 Å². The molecule has 0 aromatic heterocycles. The van der Waals surface area contributed by atoms with Crippen molar-refractivity contribution in [1.82, 2.24) is 0 Å². The van der Waals surface area contributed by atoms with Crippen LogP contribution in [0.25, 0.3) is 0 Å². The number of carbonyl (C=O) groups is 2. The molecule has 25 heavy (non-hydrogen) atoms. The van der Waals surface area contributed by atoms with Crippen LogP contribution < -0.4 is 10.1 Å². The van der Waals surface area contributed by atoms with Crippen molar-refractivity contribution in [1.29, 1.82) is 0 Å². The van der Waals surface area contributed by atoms with Crippen LogP contribution in [0.1, 0.15) is 17.3 Å². The van der Waals surface area contributed by atoms with Crippen molar-refractivity contribution in [2.75, 3.05) is 5.32 Å². The number of hydrogen-bond acceptors (Lipinski definition) is 5. The first kappa shape index (κ1) is 19.2. The summed E-state index contributed by atoms with van der Waals surface area (Å²) in [7, 11) is -4.52. The van der Waals surface area contributed by atoms with E-state index in [2.05, 4.69) is 5.32 Å². The number of ether oxygens (including phenoxy) is 1. The van der Waals surface area contributed by atoms with Crippen LogP contribution in [0.3, 0.4) is 0 Å². The molecule has 0 saturated carbocycles. The maximum absolute atomic E-state index is 12.3. The van der Waals surface area contributed by atoms with Crippen LogP contribution in [-0.2, 0) is 14.9 Å². The van der Waals surface area contributed by atoms with E-state index in [9.17, 15) is 22.6 Å². The van der Waals surface area contributed by atoms with Gasteiger partial charge in [0.15, 0.2) is 5.75 Å². The minimum Gasteiger partial charge on any atom is -0.424 e. The van der Waals surface area contributed by atoms with E-state index in [0.29, 0.717) is 0 Å². The lowest BCUT2D eigenvalue weighted by Gasteiger charge is -2.11. The number of halogens is 2. The number of amides is 1. The molecule has 0 saturated heterocycles. The number of hydrogen-bond donors (Lipinski definition) is 2. The van der Waals surface area contributed by atoms with Crippen molar-refractivity contribution in [3.05, 3.63) is 52.0 Å². The van der Waals surface area contributed by atoms with E-state index in [1.165, 1.54) is 37.3 Å². The highest BCUT2D eigenvalue weighted by Gasteiger charge is 2.19. The van der Waals surface area contributed by atoms with E-state index in [1.807, 2.05) is 0 Å². The van der Waals surface area contributed by atoms with E-state index in [4.69, 9.17) is 27.9 Å². The standard InChI is InChI=1S/C15H11Cl2NO6S/c1-8(19)24-14-10(16)6-9(7-11(14)17)15(20)18-12-4-2-3-5-13(12)25(21,22)23/h2-7H,1H3,(H,18,20)(H,21,22,23). The number of carbonyl (C=O) groups excluding carboxylic acids is 2. The van der Waals surface area contributed by atoms with Crippen molar-refractivity contribution in [3.63, 3.8) is 0 Å². The number of anilines is 1. The largest absolute Gasteiger partial charge is 0.424 e. The SMILES string of the molecule is CC(=O)Oc1c(Cl)cc(C(=O)Nc2ccccc2S(=O)(=O)O)cc1Cl. The average molecular weight is 404 g/mol. The fraction of sp³-hybridized carbons (Fsp3) is 0.0667. The van der Waals surface area contributed by atoms with Crippen molar-refractivity contribution >= 4 is 50.9 Å². The number of nitrogens with one attached hydrogen (secondary N) is 1. The van der Waals surface area contributed by atoms with E-state index < -0.39 is 26.9 Å². The highest BCUT2D eigenvalue weighted by Crippen LogP contribution is 2.34. The predicted molar refractivity (Wildman–Crippen MR) is 92.0 cm³/mol. The van der Waals surface area contributed by atoms with Gasteiger partial charge in [0.1, 0.15) is 4.90 Å². The molecule has 0 radical (unpaired) electrons. The molecule has 0 aliphatic carbocycles. The summed E-state index contributed by atoms with van der Waals surface area (Å²) in [5.41, 5.74) is -0.123. The van der Waals surface area contributed by atoms with E-state index in [1.54, 1.807) is 0 Å². The third-order valence-corrected chi connectivity index (χ3v) is 4.39. The summed E-state index contributed by atoms with van der Waals surface area (Å²) in [4.78, 5) is 22.9. The highest BCUT2D eigenvalue weighted by molar-refractivity contribution is 7.86. The zero-order valence-corrected chi connectivity index (χ0v) is 14.9. The Hall–Kier alpha value is -2.13. The minimum absolute atomic E-state index is 0.00366. The molecule has 0 aliphatic rings. The van der Waals surface area contributed by atoms with Crippen molar-refractivity contribution in [3.8, 4) is 5.75 Å². The summed E-state index contributed by atoms with van der Waals surface area (Å²) in [5, 5.41) is 2.20. The molecule has 10 heteroatoms. The molecule has 7 nitrogen and oxygen atoms in total. The number of rotatable bonds is 4. The molecule has 0 aliphatic heterocycles. The van der Waals surface area contributed by atoms with Gasteiger partial charge < -0.3 is 10.1 Å². The van der Waals surface area contributed by atoms with Gasteiger partial charge in [-0.25, -0.2) is 0 Å².